The summed E-state index contributed by atoms with van der Waals surface area (Å²) in [4.78, 5) is 2.51. The van der Waals surface area contributed by atoms with Crippen molar-refractivity contribution in [1.82, 2.24) is 14.7 Å². The highest BCUT2D eigenvalue weighted by atomic mass is 19.1. The summed E-state index contributed by atoms with van der Waals surface area (Å²) in [6, 6.07) is 5.51. The lowest BCUT2D eigenvalue weighted by Gasteiger charge is -2.16. The van der Waals surface area contributed by atoms with Crippen LogP contribution in [0.25, 0.3) is 0 Å². The zero-order valence-corrected chi connectivity index (χ0v) is 13.6. The molecule has 1 fully saturated rings. The van der Waals surface area contributed by atoms with Gasteiger partial charge in [0.1, 0.15) is 5.82 Å². The molecule has 22 heavy (non-hydrogen) atoms. The average Bonchev–Trinajstić information content (AvgIpc) is 3.05. The summed E-state index contributed by atoms with van der Waals surface area (Å²) in [5, 5.41) is 4.32. The second kappa shape index (κ2) is 6.21. The summed E-state index contributed by atoms with van der Waals surface area (Å²) in [5.41, 5.74) is 4.57. The van der Waals surface area contributed by atoms with Gasteiger partial charge in [-0.1, -0.05) is 12.1 Å². The molecule has 1 aromatic carbocycles. The lowest BCUT2D eigenvalue weighted by atomic mass is 9.97. The molecule has 0 amide bonds. The Morgan fingerprint density at radius 3 is 2.82 bits per heavy atom. The van der Waals surface area contributed by atoms with Crippen LogP contribution >= 0.6 is 0 Å². The monoisotopic (exact) mass is 301 g/mol. The van der Waals surface area contributed by atoms with Gasteiger partial charge in [-0.25, -0.2) is 4.39 Å². The van der Waals surface area contributed by atoms with Gasteiger partial charge in [0, 0.05) is 31.4 Å². The molecule has 4 heteroatoms. The van der Waals surface area contributed by atoms with E-state index in [0.717, 1.165) is 31.6 Å². The van der Waals surface area contributed by atoms with Crippen LogP contribution in [0.4, 0.5) is 4.39 Å². The number of halogens is 1. The maximum absolute atomic E-state index is 13.3. The van der Waals surface area contributed by atoms with Gasteiger partial charge in [-0.05, 0) is 56.3 Å². The smallest absolute Gasteiger partial charge is 0.126 e. The third-order valence-electron chi connectivity index (χ3n) is 4.85. The summed E-state index contributed by atoms with van der Waals surface area (Å²) in [6.07, 6.45) is 4.24. The van der Waals surface area contributed by atoms with Crippen LogP contribution in [0.1, 0.15) is 28.8 Å². The van der Waals surface area contributed by atoms with Crippen LogP contribution in [0.2, 0.25) is 0 Å². The predicted molar refractivity (Wildman–Crippen MR) is 86.2 cm³/mol. The van der Waals surface area contributed by atoms with Gasteiger partial charge in [-0.15, -0.1) is 0 Å². The van der Waals surface area contributed by atoms with Gasteiger partial charge < -0.3 is 0 Å². The van der Waals surface area contributed by atoms with Gasteiger partial charge in [0.2, 0.25) is 0 Å². The lowest BCUT2D eigenvalue weighted by molar-refractivity contribution is 0.315. The summed E-state index contributed by atoms with van der Waals surface area (Å²) >= 11 is 0. The van der Waals surface area contributed by atoms with Crippen LogP contribution in [0.15, 0.2) is 24.4 Å². The summed E-state index contributed by atoms with van der Waals surface area (Å²) in [7, 11) is 1.99. The van der Waals surface area contributed by atoms with Gasteiger partial charge in [-0.3, -0.25) is 9.58 Å². The van der Waals surface area contributed by atoms with E-state index in [2.05, 4.69) is 16.9 Å². The van der Waals surface area contributed by atoms with Crippen molar-refractivity contribution >= 4 is 0 Å². The van der Waals surface area contributed by atoms with Crippen LogP contribution in [0.3, 0.4) is 0 Å². The Labute approximate surface area is 131 Å². The van der Waals surface area contributed by atoms with E-state index in [1.165, 1.54) is 23.2 Å². The summed E-state index contributed by atoms with van der Waals surface area (Å²) in [5.74, 6) is 0.561. The normalized spacial score (nSPS) is 19.0. The quantitative estimate of drug-likeness (QED) is 0.864. The number of likely N-dealkylation sites (tertiary alicyclic amines) is 1. The van der Waals surface area contributed by atoms with Crippen molar-refractivity contribution in [2.24, 2.45) is 13.0 Å². The van der Waals surface area contributed by atoms with E-state index >= 15 is 0 Å². The highest BCUT2D eigenvalue weighted by molar-refractivity contribution is 5.24. The van der Waals surface area contributed by atoms with Crippen LogP contribution in [-0.2, 0) is 20.0 Å². The molecular weight excluding hydrogens is 277 g/mol. The molecule has 0 spiro atoms. The Kier molecular flexibility index (Phi) is 4.30. The minimum absolute atomic E-state index is 0.108. The largest absolute Gasteiger partial charge is 0.299 e. The first kappa shape index (κ1) is 15.2. The van der Waals surface area contributed by atoms with E-state index in [4.69, 9.17) is 0 Å². The van der Waals surface area contributed by atoms with Crippen molar-refractivity contribution in [3.63, 3.8) is 0 Å². The van der Waals surface area contributed by atoms with Crippen molar-refractivity contribution in [2.45, 2.75) is 33.2 Å². The number of nitrogens with zero attached hydrogens (tertiary/aromatic N) is 3. The number of hydrogen-bond acceptors (Lipinski definition) is 2. The molecular formula is C18H24FN3. The summed E-state index contributed by atoms with van der Waals surface area (Å²) < 4.78 is 15.3. The molecule has 0 radical (unpaired) electrons. The van der Waals surface area contributed by atoms with E-state index in [1.54, 1.807) is 6.07 Å². The third kappa shape index (κ3) is 3.22. The SMILES string of the molecule is Cc1cc(CC2CCN(Cc3cnn(C)c3C)C2)ccc1F. The fourth-order valence-electron chi connectivity index (χ4n) is 3.33. The minimum atomic E-state index is -0.108. The molecule has 2 aromatic rings. The highest BCUT2D eigenvalue weighted by Gasteiger charge is 2.23. The second-order valence-corrected chi connectivity index (χ2v) is 6.56. The van der Waals surface area contributed by atoms with Crippen LogP contribution in [0.5, 0.6) is 0 Å². The molecule has 1 aliphatic heterocycles. The number of rotatable bonds is 4. The second-order valence-electron chi connectivity index (χ2n) is 6.56. The molecule has 1 aromatic heterocycles. The molecule has 0 aliphatic carbocycles. The van der Waals surface area contributed by atoms with Gasteiger partial charge >= 0.3 is 0 Å². The van der Waals surface area contributed by atoms with Crippen molar-refractivity contribution < 1.29 is 4.39 Å². The Morgan fingerprint density at radius 1 is 1.32 bits per heavy atom. The fourth-order valence-corrected chi connectivity index (χ4v) is 3.33. The molecule has 1 aliphatic rings. The zero-order valence-electron chi connectivity index (χ0n) is 13.6. The first-order valence-electron chi connectivity index (χ1n) is 7.98. The number of aromatic nitrogens is 2. The van der Waals surface area contributed by atoms with E-state index in [9.17, 15) is 4.39 Å². The van der Waals surface area contributed by atoms with E-state index < -0.39 is 0 Å². The molecule has 3 nitrogen and oxygen atoms in total. The Bertz CT molecular complexity index is 662. The Morgan fingerprint density at radius 2 is 2.14 bits per heavy atom. The van der Waals surface area contributed by atoms with Crippen LogP contribution in [-0.4, -0.2) is 27.8 Å². The maximum Gasteiger partial charge on any atom is 0.126 e. The zero-order chi connectivity index (χ0) is 15.7. The number of hydrogen-bond donors (Lipinski definition) is 0. The predicted octanol–water partition coefficient (Wildman–Crippen LogP) is 3.24. The molecule has 0 N–H and O–H groups in total. The molecule has 118 valence electrons. The Balaban J connectivity index is 1.58. The fraction of sp³-hybridized carbons (Fsp3) is 0.500. The molecule has 0 saturated carbocycles. The van der Waals surface area contributed by atoms with Crippen molar-refractivity contribution in [2.75, 3.05) is 13.1 Å². The minimum Gasteiger partial charge on any atom is -0.299 e. The summed E-state index contributed by atoms with van der Waals surface area (Å²) in [6.45, 7) is 7.20. The highest BCUT2D eigenvalue weighted by Crippen LogP contribution is 2.24. The maximum atomic E-state index is 13.3. The lowest BCUT2D eigenvalue weighted by Crippen LogP contribution is -2.21. The van der Waals surface area contributed by atoms with Gasteiger partial charge in [0.25, 0.3) is 0 Å². The standard InChI is InChI=1S/C18H24FN3/c1-13-8-15(4-5-18(13)19)9-16-6-7-22(11-16)12-17-10-20-21(3)14(17)2/h4-5,8,10,16H,6-7,9,11-12H2,1-3H3. The Hall–Kier alpha value is -1.68. The first-order chi connectivity index (χ1) is 10.5. The molecule has 0 bridgehead atoms. The van der Waals surface area contributed by atoms with Gasteiger partial charge in [0.05, 0.1) is 6.20 Å². The molecule has 1 atom stereocenters. The molecule has 1 unspecified atom stereocenters. The number of aryl methyl sites for hydroxylation is 2. The van der Waals surface area contributed by atoms with Crippen molar-refractivity contribution in [3.05, 3.63) is 52.6 Å². The average molecular weight is 301 g/mol. The molecule has 3 rings (SSSR count). The van der Waals surface area contributed by atoms with Gasteiger partial charge in [-0.2, -0.15) is 5.10 Å². The van der Waals surface area contributed by atoms with E-state index in [1.807, 2.05) is 37.0 Å². The number of benzene rings is 1. The van der Waals surface area contributed by atoms with Crippen LogP contribution in [0, 0.1) is 25.6 Å². The van der Waals surface area contributed by atoms with E-state index in [-0.39, 0.29) is 5.82 Å². The van der Waals surface area contributed by atoms with Crippen LogP contribution < -0.4 is 0 Å². The molecule has 2 heterocycles. The molecule has 1 saturated heterocycles. The van der Waals surface area contributed by atoms with Crippen molar-refractivity contribution in [1.29, 1.82) is 0 Å². The topological polar surface area (TPSA) is 21.1 Å². The third-order valence-corrected chi connectivity index (χ3v) is 4.85. The van der Waals surface area contributed by atoms with E-state index in [0.29, 0.717) is 5.92 Å². The van der Waals surface area contributed by atoms with Crippen molar-refractivity contribution in [3.8, 4) is 0 Å². The van der Waals surface area contributed by atoms with Gasteiger partial charge in [0.15, 0.2) is 0 Å². The first-order valence-corrected chi connectivity index (χ1v) is 7.98.